The summed E-state index contributed by atoms with van der Waals surface area (Å²) >= 11 is -2.61. The summed E-state index contributed by atoms with van der Waals surface area (Å²) in [6.45, 7) is 0. The summed E-state index contributed by atoms with van der Waals surface area (Å²) < 4.78 is 11.0. The first-order valence-corrected chi connectivity index (χ1v) is 7.27. The molecule has 0 rings (SSSR count). The molecule has 0 unspecified atom stereocenters. The summed E-state index contributed by atoms with van der Waals surface area (Å²) in [4.78, 5) is 2.58. The van der Waals surface area contributed by atoms with Crippen LogP contribution in [0.3, 0.4) is 0 Å². The molecule has 40 valence electrons. The van der Waals surface area contributed by atoms with E-state index in [1.165, 1.54) is 0 Å². The van der Waals surface area contributed by atoms with Gasteiger partial charge in [0.05, 0.1) is 0 Å². The fraction of sp³-hybridized carbons (Fsp3) is 0.667. The average Bonchev–Trinajstić information content (AvgIpc) is 1.30. The fourth-order valence-corrected chi connectivity index (χ4v) is 0.569. The van der Waals surface area contributed by atoms with Crippen molar-refractivity contribution in [1.82, 2.24) is 0 Å². The zero-order chi connectivity index (χ0) is 5.91. The minimum atomic E-state index is -2.61. The van der Waals surface area contributed by atoms with Crippen LogP contribution in [0.4, 0.5) is 0 Å². The zero-order valence-electron chi connectivity index (χ0n) is 4.29. The third-order valence-electron chi connectivity index (χ3n) is 0.289. The van der Waals surface area contributed by atoms with Gasteiger partial charge in [-0.15, -0.1) is 0 Å². The number of hydrogen-bond donors (Lipinski definition) is 1. The van der Waals surface area contributed by atoms with E-state index in [0.717, 1.165) is 0 Å². The maximum absolute atomic E-state index is 8.82. The van der Waals surface area contributed by atoms with Gasteiger partial charge in [0.15, 0.2) is 0 Å². The Morgan fingerprint density at radius 1 is 1.71 bits per heavy atom. The molecule has 0 aromatic carbocycles. The molecule has 0 spiro atoms. The van der Waals surface area contributed by atoms with Crippen LogP contribution in [0.2, 0.25) is 11.4 Å². The van der Waals surface area contributed by atoms with Crippen molar-refractivity contribution in [3.63, 3.8) is 0 Å². The van der Waals surface area contributed by atoms with E-state index in [1.54, 1.807) is 11.4 Å². The molecule has 0 aromatic rings. The van der Waals surface area contributed by atoms with Gasteiger partial charge in [0.1, 0.15) is 0 Å². The monoisotopic (exact) mass is 162 g/mol. The van der Waals surface area contributed by atoms with Crippen molar-refractivity contribution in [3.05, 3.63) is 5.53 Å². The summed E-state index contributed by atoms with van der Waals surface area (Å²) in [6, 6.07) is 0. The molecule has 0 bridgehead atoms. The number of rotatable bonds is 0. The number of hydrogen-bond acceptors (Lipinski definition) is 1. The van der Waals surface area contributed by atoms with E-state index in [1.807, 2.05) is 0 Å². The van der Waals surface area contributed by atoms with Crippen LogP contribution in [0.25, 0.3) is 5.53 Å². The second-order valence-electron chi connectivity index (χ2n) is 1.59. The van der Waals surface area contributed by atoms with Crippen molar-refractivity contribution in [2.75, 3.05) is 0 Å². The van der Waals surface area contributed by atoms with Gasteiger partial charge in [-0.2, -0.15) is 0 Å². The van der Waals surface area contributed by atoms with Crippen LogP contribution in [0.1, 0.15) is 0 Å². The van der Waals surface area contributed by atoms with Gasteiger partial charge in [0.2, 0.25) is 0 Å². The van der Waals surface area contributed by atoms with Crippen molar-refractivity contribution >= 4 is 18.1 Å². The molecule has 0 aliphatic carbocycles. The Kier molecular flexibility index (Phi) is 2.14. The van der Waals surface area contributed by atoms with E-state index in [-0.39, 0.29) is 0 Å². The third-order valence-corrected chi connectivity index (χ3v) is 1.50. The molecule has 4 heteroatoms. The predicted molar refractivity (Wildman–Crippen MR) is 28.3 cm³/mol. The van der Waals surface area contributed by atoms with Crippen LogP contribution in [0.5, 0.6) is 0 Å². The second-order valence-corrected chi connectivity index (χ2v) is 7.87. The molecule has 0 saturated carbocycles. The molecule has 0 amide bonds. The van der Waals surface area contributed by atoms with Crippen LogP contribution in [0, 0.1) is 0 Å². The Balaban J connectivity index is 4.66. The topological polar surface area (TPSA) is 56.6 Å². The van der Waals surface area contributed by atoms with Crippen molar-refractivity contribution in [2.24, 2.45) is 0 Å². The fourth-order valence-electron chi connectivity index (χ4n) is 0.109. The zero-order valence-corrected chi connectivity index (χ0v) is 6.17. The molecule has 0 atom stereocenters. The molecule has 0 aromatic heterocycles. The van der Waals surface area contributed by atoms with Crippen LogP contribution in [-0.2, 0) is 0 Å². The molecular formula is C3H7AsN2O. The summed E-state index contributed by atoms with van der Waals surface area (Å²) in [5.74, 6) is 0. The molecule has 3 nitrogen and oxygen atoms in total. The molecule has 0 aliphatic heterocycles. The van der Waals surface area contributed by atoms with Crippen molar-refractivity contribution in [3.8, 4) is 0 Å². The first-order valence-electron chi connectivity index (χ1n) is 1.74. The van der Waals surface area contributed by atoms with E-state index in [0.29, 0.717) is 0 Å². The molecular weight excluding hydrogens is 155 g/mol. The SMILES string of the molecule is C[As](C)(O)=C=[N+]=[N-]. The molecule has 0 fully saturated rings. The second kappa shape index (κ2) is 2.20. The molecule has 0 heterocycles. The Morgan fingerprint density at radius 2 is 2.14 bits per heavy atom. The van der Waals surface area contributed by atoms with E-state index < -0.39 is 13.4 Å². The molecule has 0 radical (unpaired) electrons. The van der Waals surface area contributed by atoms with E-state index in [9.17, 15) is 0 Å². The van der Waals surface area contributed by atoms with Crippen molar-refractivity contribution in [2.45, 2.75) is 11.4 Å². The summed E-state index contributed by atoms with van der Waals surface area (Å²) in [7, 11) is 0. The van der Waals surface area contributed by atoms with Gasteiger partial charge >= 0.3 is 43.9 Å². The Bertz CT molecular complexity index is 150. The molecule has 1 N–H and O–H groups in total. The van der Waals surface area contributed by atoms with Gasteiger partial charge in [0, 0.05) is 0 Å². The Hall–Kier alpha value is -0.192. The molecule has 0 saturated heterocycles. The Labute approximate surface area is 44.5 Å². The maximum atomic E-state index is 8.82. The minimum absolute atomic E-state index is 1.64. The number of nitrogens with zero attached hydrogens (tertiary/aromatic N) is 2. The van der Waals surface area contributed by atoms with Gasteiger partial charge in [-0.1, -0.05) is 0 Å². The molecule has 7 heavy (non-hydrogen) atoms. The van der Waals surface area contributed by atoms with Crippen LogP contribution in [0.15, 0.2) is 0 Å². The first-order chi connectivity index (χ1) is 3.06. The Morgan fingerprint density at radius 3 is 2.14 bits per heavy atom. The summed E-state index contributed by atoms with van der Waals surface area (Å²) in [5.41, 5.74) is 11.1. The van der Waals surface area contributed by atoms with Gasteiger partial charge in [-0.05, 0) is 0 Å². The quantitative estimate of drug-likeness (QED) is 0.230. The van der Waals surface area contributed by atoms with Gasteiger partial charge in [-0.3, -0.25) is 0 Å². The van der Waals surface area contributed by atoms with Crippen LogP contribution in [-0.4, -0.2) is 26.9 Å². The third kappa shape index (κ3) is 5.81. The molecule has 0 aliphatic rings. The van der Waals surface area contributed by atoms with E-state index in [4.69, 9.17) is 9.63 Å². The van der Waals surface area contributed by atoms with Crippen LogP contribution >= 0.6 is 0 Å². The summed E-state index contributed by atoms with van der Waals surface area (Å²) in [6.07, 6.45) is 0. The van der Waals surface area contributed by atoms with Crippen molar-refractivity contribution in [1.29, 1.82) is 0 Å². The normalized spacial score (nSPS) is 9.57. The van der Waals surface area contributed by atoms with Crippen molar-refractivity contribution < 1.29 is 8.89 Å². The van der Waals surface area contributed by atoms with E-state index in [2.05, 4.69) is 9.39 Å². The van der Waals surface area contributed by atoms with Gasteiger partial charge in [-0.25, -0.2) is 0 Å². The summed E-state index contributed by atoms with van der Waals surface area (Å²) in [5, 5.41) is 0. The standard InChI is InChI=1S/C3H7AsN2O/c1-4(2,7)3-6-5/h7H,1-2H3. The van der Waals surface area contributed by atoms with Gasteiger partial charge in [0.25, 0.3) is 0 Å². The average molecular weight is 162 g/mol. The predicted octanol–water partition coefficient (Wildman–Crippen LogP) is -0.0994. The first kappa shape index (κ1) is 6.81. The van der Waals surface area contributed by atoms with E-state index >= 15 is 0 Å². The van der Waals surface area contributed by atoms with Gasteiger partial charge < -0.3 is 0 Å². The van der Waals surface area contributed by atoms with Crippen LogP contribution < -0.4 is 0 Å².